The Kier molecular flexibility index (Phi) is 6.79. The van der Waals surface area contributed by atoms with Gasteiger partial charge in [0, 0.05) is 16.5 Å². The number of benzene rings is 2. The number of nitrogens with one attached hydrogen (secondary N) is 1. The Labute approximate surface area is 189 Å². The molecule has 0 aliphatic carbocycles. The zero-order valence-corrected chi connectivity index (χ0v) is 18.9. The van der Waals surface area contributed by atoms with Crippen LogP contribution in [0.2, 0.25) is 0 Å². The number of thioether (sulfide) groups is 1. The minimum Gasteiger partial charge on any atom is -0.411 e. The molecule has 158 valence electrons. The molecule has 0 bridgehead atoms. The first-order valence-electron chi connectivity index (χ1n) is 9.99. The summed E-state index contributed by atoms with van der Waals surface area (Å²) in [7, 11) is 0. The van der Waals surface area contributed by atoms with Crippen LogP contribution in [0, 0.1) is 6.92 Å². The third-order valence-electron chi connectivity index (χ3n) is 4.65. The smallest absolute Gasteiger partial charge is 0.277 e. The van der Waals surface area contributed by atoms with Crippen molar-refractivity contribution in [2.45, 2.75) is 31.9 Å². The molecule has 0 saturated carbocycles. The molecule has 0 atom stereocenters. The van der Waals surface area contributed by atoms with Crippen LogP contribution in [0.5, 0.6) is 0 Å². The zero-order valence-electron chi connectivity index (χ0n) is 17.3. The highest BCUT2D eigenvalue weighted by Gasteiger charge is 2.14. The summed E-state index contributed by atoms with van der Waals surface area (Å²) in [5.41, 5.74) is 5.17. The lowest BCUT2D eigenvalue weighted by Gasteiger charge is -2.01. The van der Waals surface area contributed by atoms with Gasteiger partial charge in [-0.3, -0.25) is 4.79 Å². The fourth-order valence-electron chi connectivity index (χ4n) is 3.07. The molecule has 0 spiro atoms. The average molecular weight is 451 g/mol. The van der Waals surface area contributed by atoms with E-state index >= 15 is 0 Å². The summed E-state index contributed by atoms with van der Waals surface area (Å²) in [5.74, 6) is 0.450. The Hall–Kier alpha value is -2.97. The van der Waals surface area contributed by atoms with E-state index in [2.05, 4.69) is 51.7 Å². The van der Waals surface area contributed by atoms with Gasteiger partial charge in [0.15, 0.2) is 5.13 Å². The Morgan fingerprint density at radius 3 is 2.71 bits per heavy atom. The van der Waals surface area contributed by atoms with E-state index < -0.39 is 0 Å². The largest absolute Gasteiger partial charge is 0.411 e. The first kappa shape index (κ1) is 21.3. The zero-order chi connectivity index (χ0) is 21.6. The molecule has 1 N–H and O–H groups in total. The van der Waals surface area contributed by atoms with Crippen LogP contribution in [0.1, 0.15) is 24.5 Å². The van der Waals surface area contributed by atoms with Crippen molar-refractivity contribution in [2.24, 2.45) is 0 Å². The third kappa shape index (κ3) is 5.39. The summed E-state index contributed by atoms with van der Waals surface area (Å²) in [6.07, 6.45) is 2.20. The first-order valence-corrected chi connectivity index (χ1v) is 11.9. The van der Waals surface area contributed by atoms with Crippen LogP contribution >= 0.6 is 23.1 Å². The Balaban J connectivity index is 1.32. The second-order valence-corrected chi connectivity index (χ2v) is 8.79. The molecule has 8 heteroatoms. The Bertz CT molecular complexity index is 1170. The molecule has 0 radical (unpaired) electrons. The summed E-state index contributed by atoms with van der Waals surface area (Å²) < 4.78 is 5.69. The molecule has 0 unspecified atom stereocenters. The Morgan fingerprint density at radius 2 is 1.94 bits per heavy atom. The van der Waals surface area contributed by atoms with E-state index in [0.29, 0.717) is 16.2 Å². The highest BCUT2D eigenvalue weighted by Crippen LogP contribution is 2.27. The third-order valence-corrected chi connectivity index (χ3v) is 6.22. The number of carbonyl (C=O) groups is 1. The molecule has 1 amide bonds. The van der Waals surface area contributed by atoms with Crippen LogP contribution in [0.25, 0.3) is 22.7 Å². The molecule has 0 fully saturated rings. The molecule has 2 aromatic carbocycles. The van der Waals surface area contributed by atoms with Gasteiger partial charge in [-0.1, -0.05) is 67.6 Å². The summed E-state index contributed by atoms with van der Waals surface area (Å²) in [5, 5.41) is 13.8. The van der Waals surface area contributed by atoms with Crippen molar-refractivity contribution in [3.63, 3.8) is 0 Å². The fraction of sp³-hybridized carbons (Fsp3) is 0.217. The van der Waals surface area contributed by atoms with Gasteiger partial charge in [0.1, 0.15) is 0 Å². The van der Waals surface area contributed by atoms with Gasteiger partial charge in [0.25, 0.3) is 5.22 Å². The number of thiazole rings is 1. The van der Waals surface area contributed by atoms with Crippen LogP contribution in [0.15, 0.2) is 63.6 Å². The minimum atomic E-state index is -0.167. The maximum absolute atomic E-state index is 12.3. The molecule has 4 rings (SSSR count). The first-order chi connectivity index (χ1) is 15.1. The van der Waals surface area contributed by atoms with Gasteiger partial charge in [-0.05, 0) is 30.5 Å². The van der Waals surface area contributed by atoms with Crippen molar-refractivity contribution in [3.8, 4) is 22.7 Å². The molecule has 0 saturated heterocycles. The van der Waals surface area contributed by atoms with Gasteiger partial charge in [0.2, 0.25) is 11.8 Å². The molecule has 2 heterocycles. The van der Waals surface area contributed by atoms with Gasteiger partial charge in [-0.25, -0.2) is 4.98 Å². The quantitative estimate of drug-likeness (QED) is 0.339. The van der Waals surface area contributed by atoms with Crippen molar-refractivity contribution in [1.29, 1.82) is 0 Å². The molecule has 0 aliphatic rings. The lowest BCUT2D eigenvalue weighted by atomic mass is 10.1. The maximum Gasteiger partial charge on any atom is 0.277 e. The van der Waals surface area contributed by atoms with E-state index in [-0.39, 0.29) is 11.7 Å². The van der Waals surface area contributed by atoms with Crippen LogP contribution in [0.3, 0.4) is 0 Å². The lowest BCUT2D eigenvalue weighted by Crippen LogP contribution is -2.13. The van der Waals surface area contributed by atoms with Crippen LogP contribution in [0.4, 0.5) is 5.13 Å². The van der Waals surface area contributed by atoms with E-state index in [4.69, 9.17) is 4.42 Å². The molecule has 2 aromatic heterocycles. The van der Waals surface area contributed by atoms with Crippen molar-refractivity contribution in [1.82, 2.24) is 15.2 Å². The van der Waals surface area contributed by atoms with Gasteiger partial charge in [-0.2, -0.15) is 0 Å². The van der Waals surface area contributed by atoms with Crippen molar-refractivity contribution >= 4 is 34.1 Å². The minimum absolute atomic E-state index is 0.163. The monoisotopic (exact) mass is 450 g/mol. The molecular weight excluding hydrogens is 428 g/mol. The fourth-order valence-corrected chi connectivity index (χ4v) is 4.37. The lowest BCUT2D eigenvalue weighted by molar-refractivity contribution is -0.113. The van der Waals surface area contributed by atoms with E-state index in [0.717, 1.165) is 35.2 Å². The molecule has 0 aliphatic heterocycles. The van der Waals surface area contributed by atoms with E-state index in [1.807, 2.05) is 36.6 Å². The molecular formula is C23H22N4O2S2. The topological polar surface area (TPSA) is 80.9 Å². The SMILES string of the molecule is CCCc1ccc(-c2csc(NC(=O)CSc3nnc(-c4ccccc4C)o3)n2)cc1. The number of rotatable bonds is 8. The molecule has 4 aromatic rings. The number of aryl methyl sites for hydroxylation is 2. The normalized spacial score (nSPS) is 10.9. The standard InChI is InChI=1S/C23H22N4O2S2/c1-3-6-16-9-11-17(12-10-16)19-13-30-22(24-19)25-20(28)14-31-23-27-26-21(29-23)18-8-5-4-7-15(18)2/h4-5,7-13H,3,6,14H2,1-2H3,(H,24,25,28). The number of carbonyl (C=O) groups excluding carboxylic acids is 1. The number of hydrogen-bond acceptors (Lipinski definition) is 7. The summed E-state index contributed by atoms with van der Waals surface area (Å²) in [6, 6.07) is 16.2. The highest BCUT2D eigenvalue weighted by atomic mass is 32.2. The van der Waals surface area contributed by atoms with Gasteiger partial charge in [-0.15, -0.1) is 21.5 Å². The number of hydrogen-bond donors (Lipinski definition) is 1. The number of amides is 1. The predicted octanol–water partition coefficient (Wildman–Crippen LogP) is 5.85. The van der Waals surface area contributed by atoms with Crippen LogP contribution in [-0.2, 0) is 11.2 Å². The van der Waals surface area contributed by atoms with Gasteiger partial charge >= 0.3 is 0 Å². The van der Waals surface area contributed by atoms with Gasteiger partial charge < -0.3 is 9.73 Å². The van der Waals surface area contributed by atoms with E-state index in [1.165, 1.54) is 28.7 Å². The highest BCUT2D eigenvalue weighted by molar-refractivity contribution is 7.99. The second-order valence-electron chi connectivity index (χ2n) is 7.01. The average Bonchev–Trinajstić information content (AvgIpc) is 3.43. The number of aromatic nitrogens is 3. The predicted molar refractivity (Wildman–Crippen MR) is 125 cm³/mol. The van der Waals surface area contributed by atoms with Crippen molar-refractivity contribution in [2.75, 3.05) is 11.1 Å². The maximum atomic E-state index is 12.3. The summed E-state index contributed by atoms with van der Waals surface area (Å²) in [4.78, 5) is 16.9. The van der Waals surface area contributed by atoms with E-state index in [1.54, 1.807) is 0 Å². The number of anilines is 1. The van der Waals surface area contributed by atoms with Crippen LogP contribution < -0.4 is 5.32 Å². The van der Waals surface area contributed by atoms with E-state index in [9.17, 15) is 4.79 Å². The van der Waals surface area contributed by atoms with Crippen molar-refractivity contribution in [3.05, 3.63) is 65.0 Å². The second kappa shape index (κ2) is 9.89. The molecule has 31 heavy (non-hydrogen) atoms. The summed E-state index contributed by atoms with van der Waals surface area (Å²) >= 11 is 2.61. The summed E-state index contributed by atoms with van der Waals surface area (Å²) in [6.45, 7) is 4.16. The van der Waals surface area contributed by atoms with Gasteiger partial charge in [0.05, 0.1) is 11.4 Å². The molecule has 6 nitrogen and oxygen atoms in total. The number of nitrogens with zero attached hydrogens (tertiary/aromatic N) is 3. The van der Waals surface area contributed by atoms with Crippen LogP contribution in [-0.4, -0.2) is 26.8 Å². The van der Waals surface area contributed by atoms with Crippen molar-refractivity contribution < 1.29 is 9.21 Å². The Morgan fingerprint density at radius 1 is 1.13 bits per heavy atom.